The Morgan fingerprint density at radius 3 is 2.56 bits per heavy atom. The molecule has 0 unspecified atom stereocenters. The van der Waals surface area contributed by atoms with Gasteiger partial charge in [0.05, 0.1) is 0 Å². The summed E-state index contributed by atoms with van der Waals surface area (Å²) < 4.78 is 32.3. The van der Waals surface area contributed by atoms with Crippen LogP contribution >= 0.6 is 0 Å². The molecule has 2 aromatic rings. The lowest BCUT2D eigenvalue weighted by Gasteiger charge is -2.11. The minimum absolute atomic E-state index is 0.0242. The van der Waals surface area contributed by atoms with E-state index in [0.717, 1.165) is 0 Å². The Morgan fingerprint density at radius 1 is 1.11 bits per heavy atom. The molecule has 0 amide bonds. The fraction of sp³-hybridized carbons (Fsp3) is 0.143. The minimum Gasteiger partial charge on any atom is -0.457 e. The molecule has 0 aliphatic heterocycles. The molecule has 2 nitrogen and oxygen atoms in total. The van der Waals surface area contributed by atoms with Crippen LogP contribution in [-0.4, -0.2) is 0 Å². The molecular formula is C14H13F2NO. The van der Waals surface area contributed by atoms with E-state index in [0.29, 0.717) is 17.1 Å². The van der Waals surface area contributed by atoms with E-state index in [2.05, 4.69) is 0 Å². The highest BCUT2D eigenvalue weighted by molar-refractivity contribution is 5.39. The van der Waals surface area contributed by atoms with Crippen molar-refractivity contribution in [1.82, 2.24) is 0 Å². The topological polar surface area (TPSA) is 35.2 Å². The van der Waals surface area contributed by atoms with Gasteiger partial charge in [0, 0.05) is 18.2 Å². The van der Waals surface area contributed by atoms with Crippen molar-refractivity contribution in [2.75, 3.05) is 0 Å². The number of hydrogen-bond acceptors (Lipinski definition) is 2. The molecular weight excluding hydrogens is 236 g/mol. The lowest BCUT2D eigenvalue weighted by atomic mass is 10.2. The molecule has 4 heteroatoms. The SMILES string of the molecule is Cc1ccc(Oc2cccc(F)c2CN)cc1F. The number of ether oxygens (including phenoxy) is 1. The lowest BCUT2D eigenvalue weighted by molar-refractivity contribution is 0.462. The second-order valence-electron chi connectivity index (χ2n) is 3.93. The number of benzene rings is 2. The van der Waals surface area contributed by atoms with Crippen LogP contribution in [0.4, 0.5) is 8.78 Å². The van der Waals surface area contributed by atoms with Gasteiger partial charge in [-0.3, -0.25) is 0 Å². The number of aryl methyl sites for hydroxylation is 1. The normalized spacial score (nSPS) is 10.4. The minimum atomic E-state index is -0.428. The zero-order valence-corrected chi connectivity index (χ0v) is 9.91. The number of hydrogen-bond donors (Lipinski definition) is 1. The molecule has 0 spiro atoms. The van der Waals surface area contributed by atoms with Gasteiger partial charge in [-0.1, -0.05) is 12.1 Å². The second kappa shape index (κ2) is 5.14. The summed E-state index contributed by atoms with van der Waals surface area (Å²) in [6.07, 6.45) is 0. The van der Waals surface area contributed by atoms with Gasteiger partial charge in [-0.25, -0.2) is 8.78 Å². The molecule has 0 atom stereocenters. The largest absolute Gasteiger partial charge is 0.457 e. The van der Waals surface area contributed by atoms with E-state index in [-0.39, 0.29) is 17.9 Å². The van der Waals surface area contributed by atoms with Crippen molar-refractivity contribution in [2.24, 2.45) is 5.73 Å². The maximum atomic E-state index is 13.5. The summed E-state index contributed by atoms with van der Waals surface area (Å²) in [6, 6.07) is 8.93. The summed E-state index contributed by atoms with van der Waals surface area (Å²) in [5.41, 5.74) is 6.27. The molecule has 18 heavy (non-hydrogen) atoms. The number of rotatable bonds is 3. The number of nitrogens with two attached hydrogens (primary N) is 1. The molecule has 0 aliphatic rings. The fourth-order valence-corrected chi connectivity index (χ4v) is 1.60. The van der Waals surface area contributed by atoms with Crippen LogP contribution in [-0.2, 0) is 6.54 Å². The first-order valence-corrected chi connectivity index (χ1v) is 5.53. The third kappa shape index (κ3) is 2.49. The van der Waals surface area contributed by atoms with Gasteiger partial charge in [0.15, 0.2) is 0 Å². The first kappa shape index (κ1) is 12.5. The van der Waals surface area contributed by atoms with Gasteiger partial charge in [-0.15, -0.1) is 0 Å². The van der Waals surface area contributed by atoms with Gasteiger partial charge in [0.1, 0.15) is 23.1 Å². The van der Waals surface area contributed by atoms with Crippen molar-refractivity contribution in [3.63, 3.8) is 0 Å². The molecule has 0 radical (unpaired) electrons. The van der Waals surface area contributed by atoms with E-state index >= 15 is 0 Å². The molecule has 2 N–H and O–H groups in total. The van der Waals surface area contributed by atoms with Crippen LogP contribution in [0.25, 0.3) is 0 Å². The predicted octanol–water partition coefficient (Wildman–Crippen LogP) is 3.52. The molecule has 0 heterocycles. The van der Waals surface area contributed by atoms with Gasteiger partial charge in [0.2, 0.25) is 0 Å². The average Bonchev–Trinajstić information content (AvgIpc) is 2.34. The first-order chi connectivity index (χ1) is 8.61. The Bertz CT molecular complexity index is 570. The standard InChI is InChI=1S/C14H13F2NO/c1-9-5-6-10(7-13(9)16)18-14-4-2-3-12(15)11(14)8-17/h2-7H,8,17H2,1H3. The molecule has 0 fully saturated rings. The zero-order chi connectivity index (χ0) is 13.1. The van der Waals surface area contributed by atoms with E-state index in [4.69, 9.17) is 10.5 Å². The summed E-state index contributed by atoms with van der Waals surface area (Å²) in [7, 11) is 0. The smallest absolute Gasteiger partial charge is 0.134 e. The monoisotopic (exact) mass is 249 g/mol. The number of halogens is 2. The van der Waals surface area contributed by atoms with Crippen LogP contribution in [0.3, 0.4) is 0 Å². The third-order valence-corrected chi connectivity index (χ3v) is 2.65. The molecule has 0 saturated heterocycles. The van der Waals surface area contributed by atoms with E-state index in [1.165, 1.54) is 18.2 Å². The summed E-state index contributed by atoms with van der Waals surface area (Å²) in [6.45, 7) is 1.68. The molecule has 94 valence electrons. The van der Waals surface area contributed by atoms with E-state index in [1.807, 2.05) is 0 Å². The van der Waals surface area contributed by atoms with E-state index < -0.39 is 5.82 Å². The third-order valence-electron chi connectivity index (χ3n) is 2.65. The van der Waals surface area contributed by atoms with Gasteiger partial charge in [-0.2, -0.15) is 0 Å². The van der Waals surface area contributed by atoms with Gasteiger partial charge in [0.25, 0.3) is 0 Å². The van der Waals surface area contributed by atoms with Gasteiger partial charge < -0.3 is 10.5 Å². The maximum Gasteiger partial charge on any atom is 0.134 e. The lowest BCUT2D eigenvalue weighted by Crippen LogP contribution is -2.02. The summed E-state index contributed by atoms with van der Waals surface area (Å²) in [5, 5.41) is 0. The highest BCUT2D eigenvalue weighted by atomic mass is 19.1. The molecule has 0 aliphatic carbocycles. The molecule has 2 aromatic carbocycles. The van der Waals surface area contributed by atoms with Crippen molar-refractivity contribution < 1.29 is 13.5 Å². The zero-order valence-electron chi connectivity index (χ0n) is 9.91. The fourth-order valence-electron chi connectivity index (χ4n) is 1.60. The molecule has 0 aromatic heterocycles. The van der Waals surface area contributed by atoms with Crippen molar-refractivity contribution in [3.8, 4) is 11.5 Å². The molecule has 0 saturated carbocycles. The summed E-state index contributed by atoms with van der Waals surface area (Å²) in [5.74, 6) is -0.167. The van der Waals surface area contributed by atoms with Crippen LogP contribution in [0.5, 0.6) is 11.5 Å². The Kier molecular flexibility index (Phi) is 3.58. The van der Waals surface area contributed by atoms with Crippen molar-refractivity contribution in [2.45, 2.75) is 13.5 Å². The van der Waals surface area contributed by atoms with E-state index in [9.17, 15) is 8.78 Å². The van der Waals surface area contributed by atoms with Crippen molar-refractivity contribution in [3.05, 3.63) is 59.2 Å². The van der Waals surface area contributed by atoms with Crippen molar-refractivity contribution >= 4 is 0 Å². The van der Waals surface area contributed by atoms with Gasteiger partial charge >= 0.3 is 0 Å². The van der Waals surface area contributed by atoms with Gasteiger partial charge in [-0.05, 0) is 30.7 Å². The van der Waals surface area contributed by atoms with Crippen molar-refractivity contribution in [1.29, 1.82) is 0 Å². The van der Waals surface area contributed by atoms with E-state index in [1.54, 1.807) is 25.1 Å². The summed E-state index contributed by atoms with van der Waals surface area (Å²) in [4.78, 5) is 0. The average molecular weight is 249 g/mol. The molecule has 0 bridgehead atoms. The van der Waals surface area contributed by atoms with Crippen LogP contribution in [0.1, 0.15) is 11.1 Å². The van der Waals surface area contributed by atoms with Crippen LogP contribution in [0, 0.1) is 18.6 Å². The summed E-state index contributed by atoms with van der Waals surface area (Å²) >= 11 is 0. The van der Waals surface area contributed by atoms with Crippen LogP contribution in [0.15, 0.2) is 36.4 Å². The Hall–Kier alpha value is -1.94. The molecule has 2 rings (SSSR count). The van der Waals surface area contributed by atoms with Crippen LogP contribution in [0.2, 0.25) is 0 Å². The quantitative estimate of drug-likeness (QED) is 0.903. The maximum absolute atomic E-state index is 13.5. The highest BCUT2D eigenvalue weighted by Gasteiger charge is 2.09. The Morgan fingerprint density at radius 2 is 1.89 bits per heavy atom. The predicted molar refractivity (Wildman–Crippen MR) is 65.5 cm³/mol. The highest BCUT2D eigenvalue weighted by Crippen LogP contribution is 2.27. The second-order valence-corrected chi connectivity index (χ2v) is 3.93. The first-order valence-electron chi connectivity index (χ1n) is 5.53. The van der Waals surface area contributed by atoms with Crippen LogP contribution < -0.4 is 10.5 Å². The Labute approximate surface area is 104 Å². The Balaban J connectivity index is 2.34.